The molecule has 0 atom stereocenters. The number of rotatable bonds is 14. The number of fused-ring (bicyclic) bond motifs is 2. The number of carbonyl (C=O) groups excluding carboxylic acids is 1. The molecule has 230 valence electrons. The van der Waals surface area contributed by atoms with Crippen LogP contribution >= 0.6 is 0 Å². The summed E-state index contributed by atoms with van der Waals surface area (Å²) in [5, 5.41) is 3.63. The van der Waals surface area contributed by atoms with Gasteiger partial charge in [-0.1, -0.05) is 0 Å². The Balaban J connectivity index is 1.37. The number of nitrogens with one attached hydrogen (secondary N) is 1. The number of hydrogen-bond acceptors (Lipinski definition) is 5. The number of hydrogen-bond donors (Lipinski definition) is 1. The number of methoxy groups -OCH3 is 1. The van der Waals surface area contributed by atoms with Gasteiger partial charge < -0.3 is 0 Å². The molecule has 0 saturated heterocycles. The van der Waals surface area contributed by atoms with Crippen molar-refractivity contribution in [2.75, 3.05) is 19.0 Å². The predicted molar refractivity (Wildman–Crippen MR) is 185 cm³/mol. The van der Waals surface area contributed by atoms with Crippen LogP contribution in [-0.4, -0.2) is 48.7 Å². The normalized spacial score (nSPS) is 11.4. The van der Waals surface area contributed by atoms with Crippen molar-refractivity contribution in [2.45, 2.75) is 57.9 Å². The molecule has 45 heavy (non-hydrogen) atoms. The Morgan fingerprint density at radius 2 is 1.58 bits per heavy atom. The second kappa shape index (κ2) is 14.7. The third-order valence-electron chi connectivity index (χ3n) is 8.43. The van der Waals surface area contributed by atoms with Crippen molar-refractivity contribution in [3.8, 4) is 11.4 Å². The first-order valence-corrected chi connectivity index (χ1v) is 17.7. The maximum absolute atomic E-state index is 12.4. The summed E-state index contributed by atoms with van der Waals surface area (Å²) < 4.78 is 9.70. The Bertz CT molecular complexity index is 1820. The molecular weight excluding hydrogens is 623 g/mol. The number of benzene rings is 4. The first kappa shape index (κ1) is 30.8. The molecule has 6 rings (SSSR count). The van der Waals surface area contributed by atoms with E-state index in [1.165, 1.54) is 54.6 Å². The number of anilines is 1. The number of ether oxygens (including phenoxy) is 1. The molecule has 0 aliphatic heterocycles. The quantitative estimate of drug-likeness (QED) is 0.0718. The Kier molecular flexibility index (Phi) is 10.1. The fourth-order valence-electron chi connectivity index (χ4n) is 6.09. The molecule has 0 aliphatic carbocycles. The number of aromatic nitrogens is 3. The Morgan fingerprint density at radius 3 is 2.29 bits per heavy atom. The van der Waals surface area contributed by atoms with Gasteiger partial charge in [0.15, 0.2) is 0 Å². The molecule has 0 bridgehead atoms. The van der Waals surface area contributed by atoms with Crippen LogP contribution in [0, 0.1) is 0 Å². The number of aryl methyl sites for hydroxylation is 1. The topological polar surface area (TPSA) is 69.0 Å². The van der Waals surface area contributed by atoms with Crippen molar-refractivity contribution >= 4 is 46.0 Å². The molecular formula is C38H40N4O2Se. The van der Waals surface area contributed by atoms with Gasteiger partial charge in [0.05, 0.1) is 0 Å². The maximum atomic E-state index is 12.4. The van der Waals surface area contributed by atoms with Gasteiger partial charge >= 0.3 is 272 Å². The number of unbranched alkanes of at least 4 members (excludes halogenated alkanes) is 4. The number of nitrogens with zero attached hydrogens (tertiary/aromatic N) is 3. The van der Waals surface area contributed by atoms with E-state index in [1.807, 2.05) is 18.2 Å². The van der Waals surface area contributed by atoms with Crippen LogP contribution in [0.25, 0.3) is 32.2 Å². The van der Waals surface area contributed by atoms with E-state index in [4.69, 9.17) is 14.7 Å². The fraction of sp³-hybridized carbons (Fsp3) is 0.289. The first-order valence-electron chi connectivity index (χ1n) is 16.0. The fourth-order valence-corrected chi connectivity index (χ4v) is 8.18. The van der Waals surface area contributed by atoms with E-state index in [9.17, 15) is 4.79 Å². The number of imidazole rings is 1. The molecule has 0 unspecified atom stereocenters. The molecule has 0 amide bonds. The van der Waals surface area contributed by atoms with Gasteiger partial charge in [0.25, 0.3) is 0 Å². The van der Waals surface area contributed by atoms with Gasteiger partial charge in [0.2, 0.25) is 0 Å². The third kappa shape index (κ3) is 7.06. The molecule has 0 spiro atoms. The summed E-state index contributed by atoms with van der Waals surface area (Å²) in [6.45, 7) is 3.97. The van der Waals surface area contributed by atoms with Crippen molar-refractivity contribution in [1.82, 2.24) is 14.5 Å². The van der Waals surface area contributed by atoms with E-state index in [0.717, 1.165) is 52.1 Å². The van der Waals surface area contributed by atoms with Gasteiger partial charge in [-0.3, -0.25) is 0 Å². The zero-order valence-corrected chi connectivity index (χ0v) is 27.8. The molecule has 2 aromatic heterocycles. The number of esters is 1. The van der Waals surface area contributed by atoms with Gasteiger partial charge in [0.1, 0.15) is 0 Å². The summed E-state index contributed by atoms with van der Waals surface area (Å²) in [6, 6.07) is 33.5. The standard InChI is InChI=1S/C38H40N4O2Se/c1-3-4-5-6-13-24-39-38-41-32-20-14-19-31(35(32)45-38)36-40-33-26-29(37(43)44-2)21-22-34(33)42(36)25-23-30(27-15-9-7-10-16-27)28-17-11-8-12-18-28/h7-12,14-22,26,30H,3-6,13,23-25H2,1-2H3,(H,39,41). The molecule has 1 N–H and O–H groups in total. The molecule has 2 heterocycles. The van der Waals surface area contributed by atoms with Gasteiger partial charge in [0, 0.05) is 0 Å². The summed E-state index contributed by atoms with van der Waals surface area (Å²) in [5.74, 6) is 0.791. The molecule has 0 saturated carbocycles. The molecule has 6 aromatic rings. The minimum atomic E-state index is -0.357. The summed E-state index contributed by atoms with van der Waals surface area (Å²) in [6.07, 6.45) is 7.18. The average Bonchev–Trinajstić information content (AvgIpc) is 3.67. The van der Waals surface area contributed by atoms with Crippen molar-refractivity contribution in [1.29, 1.82) is 0 Å². The molecule has 6 nitrogen and oxygen atoms in total. The van der Waals surface area contributed by atoms with Crippen LogP contribution in [-0.2, 0) is 11.3 Å². The van der Waals surface area contributed by atoms with E-state index < -0.39 is 0 Å². The first-order chi connectivity index (χ1) is 22.2. The van der Waals surface area contributed by atoms with Crippen LogP contribution in [0.5, 0.6) is 0 Å². The summed E-state index contributed by atoms with van der Waals surface area (Å²) >= 11 is 0.0616. The van der Waals surface area contributed by atoms with Gasteiger partial charge in [-0.2, -0.15) is 0 Å². The Morgan fingerprint density at radius 1 is 0.844 bits per heavy atom. The monoisotopic (exact) mass is 664 g/mol. The van der Waals surface area contributed by atoms with E-state index in [2.05, 4.69) is 95.7 Å². The van der Waals surface area contributed by atoms with Crippen molar-refractivity contribution in [3.05, 3.63) is 114 Å². The minimum absolute atomic E-state index is 0.0616. The average molecular weight is 664 g/mol. The molecule has 0 aliphatic rings. The van der Waals surface area contributed by atoms with Gasteiger partial charge in [-0.15, -0.1) is 0 Å². The third-order valence-corrected chi connectivity index (χ3v) is 10.7. The van der Waals surface area contributed by atoms with E-state index in [0.29, 0.717) is 5.56 Å². The zero-order valence-electron chi connectivity index (χ0n) is 26.0. The molecule has 0 radical (unpaired) electrons. The van der Waals surface area contributed by atoms with Gasteiger partial charge in [-0.25, -0.2) is 0 Å². The Labute approximate surface area is 271 Å². The van der Waals surface area contributed by atoms with Crippen LogP contribution < -0.4 is 5.32 Å². The second-order valence-electron chi connectivity index (χ2n) is 11.5. The van der Waals surface area contributed by atoms with Crippen LogP contribution in [0.15, 0.2) is 97.1 Å². The molecule has 7 heteroatoms. The summed E-state index contributed by atoms with van der Waals surface area (Å²) in [4.78, 5) is 22.6. The van der Waals surface area contributed by atoms with Crippen LogP contribution in [0.3, 0.4) is 0 Å². The summed E-state index contributed by atoms with van der Waals surface area (Å²) in [7, 11) is 1.41. The predicted octanol–water partition coefficient (Wildman–Crippen LogP) is 8.70. The molecule has 4 aromatic carbocycles. The van der Waals surface area contributed by atoms with Crippen LogP contribution in [0.4, 0.5) is 4.69 Å². The van der Waals surface area contributed by atoms with Crippen LogP contribution in [0.1, 0.15) is 72.9 Å². The van der Waals surface area contributed by atoms with E-state index in [-0.39, 0.29) is 26.4 Å². The Hall–Kier alpha value is -4.19. The molecule has 0 fully saturated rings. The number of carbonyl (C=O) groups is 1. The SMILES string of the molecule is CCCCCCCNc1nc2cccc(-c3nc4cc(C(=O)OC)ccc4n3CCC(c3ccccc3)c3ccccc3)c2[se]1. The van der Waals surface area contributed by atoms with E-state index in [1.54, 1.807) is 0 Å². The van der Waals surface area contributed by atoms with E-state index >= 15 is 0 Å². The van der Waals surface area contributed by atoms with Gasteiger partial charge in [-0.05, 0) is 0 Å². The zero-order chi connectivity index (χ0) is 31.0. The summed E-state index contributed by atoms with van der Waals surface area (Å²) in [5.41, 5.74) is 7.04. The van der Waals surface area contributed by atoms with Crippen LogP contribution in [0.2, 0.25) is 0 Å². The van der Waals surface area contributed by atoms with Crippen molar-refractivity contribution < 1.29 is 9.53 Å². The second-order valence-corrected chi connectivity index (χ2v) is 13.6. The van der Waals surface area contributed by atoms with Crippen molar-refractivity contribution in [2.24, 2.45) is 0 Å². The van der Waals surface area contributed by atoms with Crippen molar-refractivity contribution in [3.63, 3.8) is 0 Å².